The molecule has 4 aromatic rings. The van der Waals surface area contributed by atoms with Gasteiger partial charge in [0.15, 0.2) is 5.75 Å². The molecular formula is C26H21N6Na3O13S3. The zero-order valence-electron chi connectivity index (χ0n) is 27.1. The van der Waals surface area contributed by atoms with Gasteiger partial charge in [-0.15, -0.1) is 10.2 Å². The first kappa shape index (κ1) is 47.2. The van der Waals surface area contributed by atoms with Gasteiger partial charge in [-0.2, -0.15) is 14.6 Å². The van der Waals surface area contributed by atoms with E-state index in [-0.39, 0.29) is 121 Å². The molecule has 0 aliphatic carbocycles. The number of nitrogens with zero attached hydrogens (tertiary/aromatic N) is 4. The van der Waals surface area contributed by atoms with Crippen molar-refractivity contribution in [2.75, 3.05) is 24.8 Å². The number of azo groups is 2. The molecule has 0 bridgehead atoms. The zero-order valence-corrected chi connectivity index (χ0v) is 35.6. The summed E-state index contributed by atoms with van der Waals surface area (Å²) in [5, 5.41) is 43.1. The van der Waals surface area contributed by atoms with Crippen molar-refractivity contribution in [3.05, 3.63) is 60.7 Å². The van der Waals surface area contributed by atoms with Gasteiger partial charge in [-0.3, -0.25) is 14.0 Å². The van der Waals surface area contributed by atoms with E-state index in [4.69, 9.17) is 10.5 Å². The van der Waals surface area contributed by atoms with Crippen LogP contribution in [0, 0.1) is 0 Å². The fourth-order valence-corrected chi connectivity index (χ4v) is 5.39. The summed E-state index contributed by atoms with van der Waals surface area (Å²) < 4.78 is 81.6. The Kier molecular flexibility index (Phi) is 19.6. The minimum absolute atomic E-state index is 0. The van der Waals surface area contributed by atoms with Crippen LogP contribution in [0.2, 0.25) is 0 Å². The van der Waals surface area contributed by atoms with Crippen LogP contribution in [0.3, 0.4) is 0 Å². The van der Waals surface area contributed by atoms with Crippen LogP contribution in [0.1, 0.15) is 6.42 Å². The number of amides is 1. The predicted octanol–water partition coefficient (Wildman–Crippen LogP) is -5.08. The predicted molar refractivity (Wildman–Crippen MR) is 163 cm³/mol. The first-order chi connectivity index (χ1) is 22.7. The molecule has 0 radical (unpaired) electrons. The molecule has 0 atom stereocenters. The third-order valence-corrected chi connectivity index (χ3v) is 7.97. The second-order valence-corrected chi connectivity index (χ2v) is 12.3. The summed E-state index contributed by atoms with van der Waals surface area (Å²) in [6.45, 7) is -0.660. The van der Waals surface area contributed by atoms with Gasteiger partial charge in [0.05, 0.1) is 64.4 Å². The van der Waals surface area contributed by atoms with Crippen LogP contribution in [0.15, 0.2) is 90.9 Å². The van der Waals surface area contributed by atoms with E-state index in [2.05, 4.69) is 39.3 Å². The minimum atomic E-state index is -5.24. The molecule has 51 heavy (non-hydrogen) atoms. The molecule has 1 amide bonds. The number of carbonyl (C=O) groups is 1. The van der Waals surface area contributed by atoms with Gasteiger partial charge in [-0.05, 0) is 66.0 Å². The molecule has 0 aliphatic heterocycles. The van der Waals surface area contributed by atoms with Crippen LogP contribution in [0.5, 0.6) is 11.5 Å². The quantitative estimate of drug-likeness (QED) is 0.0157. The van der Waals surface area contributed by atoms with Gasteiger partial charge in [0.2, 0.25) is 16.3 Å². The van der Waals surface area contributed by atoms with E-state index in [1.807, 2.05) is 0 Å². The van der Waals surface area contributed by atoms with E-state index in [1.54, 1.807) is 24.3 Å². The Bertz CT molecular complexity index is 2110. The Morgan fingerprint density at radius 3 is 2.00 bits per heavy atom. The summed E-state index contributed by atoms with van der Waals surface area (Å²) in [6, 6.07) is 13.8. The number of fused-ring (bicyclic) bond motifs is 1. The van der Waals surface area contributed by atoms with E-state index in [9.17, 15) is 41.1 Å². The summed E-state index contributed by atoms with van der Waals surface area (Å²) >= 11 is 0.310. The molecule has 0 saturated carbocycles. The average Bonchev–Trinajstić information content (AvgIpc) is 3.02. The van der Waals surface area contributed by atoms with Crippen molar-refractivity contribution < 1.29 is 148 Å². The fourth-order valence-electron chi connectivity index (χ4n) is 3.95. The van der Waals surface area contributed by atoms with Gasteiger partial charge in [-0.25, -0.2) is 16.8 Å². The Labute approximate surface area is 361 Å². The number of benzene rings is 4. The van der Waals surface area contributed by atoms with Crippen LogP contribution in [0.4, 0.5) is 34.1 Å². The van der Waals surface area contributed by atoms with Gasteiger partial charge in [-0.1, -0.05) is 0 Å². The van der Waals surface area contributed by atoms with Crippen LogP contribution < -0.4 is 110 Å². The van der Waals surface area contributed by atoms with Crippen molar-refractivity contribution in [1.82, 2.24) is 0 Å². The maximum atomic E-state index is 12.2. The summed E-state index contributed by atoms with van der Waals surface area (Å²) in [6.07, 6.45) is -0.437. The number of phenols is 1. The van der Waals surface area contributed by atoms with Gasteiger partial charge >= 0.3 is 88.7 Å². The topological polar surface area (TPSA) is 299 Å². The molecule has 4 N–H and O–H groups in total. The van der Waals surface area contributed by atoms with Gasteiger partial charge in [0.25, 0.3) is 0 Å². The summed E-state index contributed by atoms with van der Waals surface area (Å²) in [7, 11) is -8.71. The van der Waals surface area contributed by atoms with E-state index < -0.39 is 61.5 Å². The zero-order chi connectivity index (χ0) is 35.1. The van der Waals surface area contributed by atoms with Gasteiger partial charge in [0.1, 0.15) is 27.2 Å². The normalized spacial score (nSPS) is 11.5. The average molecular weight is 791 g/mol. The minimum Gasteiger partial charge on any atom is -0.744 e. The van der Waals surface area contributed by atoms with Crippen molar-refractivity contribution in [3.63, 3.8) is 0 Å². The molecule has 0 unspecified atom stereocenters. The third-order valence-electron chi connectivity index (χ3n) is 6.05. The van der Waals surface area contributed by atoms with Crippen molar-refractivity contribution in [2.45, 2.75) is 16.2 Å². The Hall–Kier alpha value is -1.78. The SMILES string of the molecule is COc1ccc(N=Nc2c(SOO[O-])cc3cc(S(=O)(=O)[O-])c(N=Nc4ccc(NC(=O)CCOS(=O)(=O)[O-])cc4)c(N)c3c2O)cc1.[Na+].[Na+].[Na+]. The molecule has 0 heterocycles. The van der Waals surface area contributed by atoms with Crippen LogP contribution in [-0.2, 0) is 38.9 Å². The van der Waals surface area contributed by atoms with Crippen LogP contribution in [0.25, 0.3) is 10.8 Å². The number of methoxy groups -OCH3 is 1. The standard InChI is InChI=1S/C26H24N6O13S3.3Na/c1-42-18-8-6-17(7-9-18)29-31-24-19(46-45-44-35)12-14-13-20(47(36,37)38)25(23(27)22(14)26(24)34)32-30-16-4-2-15(3-5-16)28-21(33)10-11-43-48(39,40)41;;;/h2-9,12-13,34-35H,10-11,27H2,1H3,(H,28,33)(H,36,37,38)(H,39,40,41);;;/q;3*+1/p-3. The number of nitrogen functional groups attached to an aromatic ring is 1. The van der Waals surface area contributed by atoms with Crippen molar-refractivity contribution in [3.8, 4) is 11.5 Å². The molecule has 19 nitrogen and oxygen atoms in total. The molecule has 25 heteroatoms. The number of aromatic hydroxyl groups is 1. The Balaban J connectivity index is 0.00000433. The number of rotatable bonds is 14. The second-order valence-electron chi connectivity index (χ2n) is 9.15. The molecule has 0 aliphatic rings. The van der Waals surface area contributed by atoms with Crippen LogP contribution >= 0.6 is 12.0 Å². The van der Waals surface area contributed by atoms with Gasteiger partial charge < -0.3 is 35.3 Å². The number of nitrogens with one attached hydrogen (secondary N) is 1. The first-order valence-corrected chi connectivity index (χ1v) is 16.4. The van der Waals surface area contributed by atoms with Crippen molar-refractivity contribution in [2.24, 2.45) is 20.5 Å². The van der Waals surface area contributed by atoms with Crippen molar-refractivity contribution in [1.29, 1.82) is 0 Å². The van der Waals surface area contributed by atoms with E-state index in [0.717, 1.165) is 6.07 Å². The molecule has 0 fully saturated rings. The number of ether oxygens (including phenoxy) is 1. The van der Waals surface area contributed by atoms with E-state index >= 15 is 0 Å². The maximum absolute atomic E-state index is 12.2. The third kappa shape index (κ3) is 13.5. The largest absolute Gasteiger partial charge is 1.00 e. The number of anilines is 2. The molecule has 4 rings (SSSR count). The fraction of sp³-hybridized carbons (Fsp3) is 0.115. The van der Waals surface area contributed by atoms with Crippen LogP contribution in [-0.4, -0.2) is 50.7 Å². The van der Waals surface area contributed by atoms with E-state index in [0.29, 0.717) is 23.5 Å². The van der Waals surface area contributed by atoms with E-state index in [1.165, 1.54) is 37.4 Å². The number of phenolic OH excluding ortho intramolecular Hbond substituents is 1. The van der Waals surface area contributed by atoms with Crippen molar-refractivity contribution >= 4 is 83.4 Å². The molecular weight excluding hydrogens is 769 g/mol. The molecule has 4 aromatic carbocycles. The Morgan fingerprint density at radius 2 is 1.47 bits per heavy atom. The van der Waals surface area contributed by atoms with Gasteiger partial charge in [0, 0.05) is 5.69 Å². The smallest absolute Gasteiger partial charge is 0.744 e. The summed E-state index contributed by atoms with van der Waals surface area (Å²) in [5.41, 5.74) is 5.55. The summed E-state index contributed by atoms with van der Waals surface area (Å²) in [5.74, 6) is -0.774. The number of hydrogen-bond acceptors (Lipinski definition) is 19. The second kappa shape index (κ2) is 21.2. The maximum Gasteiger partial charge on any atom is 1.00 e. The number of carbonyl (C=O) groups excluding carboxylic acids is 1. The first-order valence-electron chi connectivity index (χ1n) is 12.9. The number of hydrogen-bond donors (Lipinski definition) is 3. The summed E-state index contributed by atoms with van der Waals surface area (Å²) in [4.78, 5) is 11.0. The number of nitrogens with two attached hydrogens (primary N) is 1. The monoisotopic (exact) mass is 790 g/mol. The Morgan fingerprint density at radius 1 is 0.902 bits per heavy atom. The molecule has 0 spiro atoms. The molecule has 0 saturated heterocycles. The molecule has 254 valence electrons. The molecule has 0 aromatic heterocycles.